The summed E-state index contributed by atoms with van der Waals surface area (Å²) in [5, 5.41) is 2.68. The SMILES string of the molecule is [B]c1ccc(C[C@H](NC(=O)OCC2c3ccccc3-c3ccccc32)C(=O)OC(C)(C)C)cn1. The summed E-state index contributed by atoms with van der Waals surface area (Å²) in [4.78, 5) is 29.6. The molecule has 4 rings (SSSR count). The Morgan fingerprint density at radius 3 is 2.18 bits per heavy atom. The van der Waals surface area contributed by atoms with E-state index in [0.717, 1.165) is 27.8 Å². The number of nitrogens with one attached hydrogen (secondary N) is 1. The summed E-state index contributed by atoms with van der Waals surface area (Å²) < 4.78 is 11.1. The average Bonchev–Trinajstić information content (AvgIpc) is 3.11. The van der Waals surface area contributed by atoms with Crippen molar-refractivity contribution in [2.45, 2.75) is 44.8 Å². The lowest BCUT2D eigenvalue weighted by Gasteiger charge is -2.24. The Hall–Kier alpha value is -3.61. The number of rotatable bonds is 6. The maximum atomic E-state index is 12.8. The van der Waals surface area contributed by atoms with Gasteiger partial charge in [-0.25, -0.2) is 9.59 Å². The summed E-state index contributed by atoms with van der Waals surface area (Å²) in [5.41, 5.74) is 4.95. The van der Waals surface area contributed by atoms with Gasteiger partial charge in [-0.2, -0.15) is 0 Å². The van der Waals surface area contributed by atoms with Gasteiger partial charge in [0.25, 0.3) is 0 Å². The molecule has 0 bridgehead atoms. The Labute approximate surface area is 201 Å². The van der Waals surface area contributed by atoms with E-state index in [4.69, 9.17) is 17.3 Å². The van der Waals surface area contributed by atoms with E-state index < -0.39 is 23.7 Å². The highest BCUT2D eigenvalue weighted by Gasteiger charge is 2.31. The number of carbonyl (C=O) groups is 2. The van der Waals surface area contributed by atoms with Crippen LogP contribution in [0.3, 0.4) is 0 Å². The molecule has 1 amide bonds. The first-order valence-corrected chi connectivity index (χ1v) is 11.3. The highest BCUT2D eigenvalue weighted by Crippen LogP contribution is 2.44. The second-order valence-electron chi connectivity index (χ2n) is 9.35. The minimum absolute atomic E-state index is 0.0700. The molecule has 6 nitrogen and oxygen atoms in total. The van der Waals surface area contributed by atoms with Crippen molar-refractivity contribution in [3.05, 3.63) is 83.6 Å². The average molecular weight is 454 g/mol. The second kappa shape index (κ2) is 9.71. The summed E-state index contributed by atoms with van der Waals surface area (Å²) in [7, 11) is 5.66. The summed E-state index contributed by atoms with van der Waals surface area (Å²) in [5.74, 6) is -0.614. The first kappa shape index (κ1) is 23.5. The third-order valence-corrected chi connectivity index (χ3v) is 5.61. The third kappa shape index (κ3) is 5.47. The van der Waals surface area contributed by atoms with Crippen molar-refractivity contribution in [3.8, 4) is 11.1 Å². The smallest absolute Gasteiger partial charge is 0.407 e. The van der Waals surface area contributed by atoms with E-state index in [2.05, 4.69) is 34.6 Å². The number of alkyl carbamates (subject to hydrolysis) is 1. The molecule has 172 valence electrons. The van der Waals surface area contributed by atoms with Gasteiger partial charge in [0.15, 0.2) is 0 Å². The molecule has 1 heterocycles. The summed E-state index contributed by atoms with van der Waals surface area (Å²) in [6.45, 7) is 5.49. The summed E-state index contributed by atoms with van der Waals surface area (Å²) in [6, 6.07) is 18.7. The molecule has 3 aromatic rings. The van der Waals surface area contributed by atoms with Gasteiger partial charge in [0.2, 0.25) is 0 Å². The number of esters is 1. The number of amides is 1. The number of hydrogen-bond acceptors (Lipinski definition) is 5. The Kier molecular flexibility index (Phi) is 6.73. The van der Waals surface area contributed by atoms with E-state index in [1.54, 1.807) is 39.1 Å². The van der Waals surface area contributed by atoms with Gasteiger partial charge < -0.3 is 14.8 Å². The van der Waals surface area contributed by atoms with Crippen LogP contribution in [-0.2, 0) is 20.7 Å². The van der Waals surface area contributed by atoms with Crippen LogP contribution in [0.25, 0.3) is 11.1 Å². The Morgan fingerprint density at radius 2 is 1.62 bits per heavy atom. The van der Waals surface area contributed by atoms with Crippen LogP contribution >= 0.6 is 0 Å². The number of ether oxygens (including phenoxy) is 2. The normalized spacial score (nSPS) is 13.5. The number of nitrogens with zero attached hydrogens (tertiary/aromatic N) is 1. The maximum Gasteiger partial charge on any atom is 0.407 e. The number of benzene rings is 2. The Bertz CT molecular complexity index is 1140. The van der Waals surface area contributed by atoms with Crippen LogP contribution in [0, 0.1) is 0 Å². The molecule has 0 saturated heterocycles. The zero-order chi connectivity index (χ0) is 24.3. The van der Waals surface area contributed by atoms with Crippen LogP contribution in [-0.4, -0.2) is 43.1 Å². The molecule has 2 radical (unpaired) electrons. The lowest BCUT2D eigenvalue weighted by atomic mass is 9.98. The van der Waals surface area contributed by atoms with E-state index in [-0.39, 0.29) is 18.9 Å². The highest BCUT2D eigenvalue weighted by molar-refractivity contribution is 6.30. The number of aromatic nitrogens is 1. The van der Waals surface area contributed by atoms with Crippen molar-refractivity contribution in [2.24, 2.45) is 0 Å². The van der Waals surface area contributed by atoms with Gasteiger partial charge in [-0.1, -0.05) is 60.7 Å². The highest BCUT2D eigenvalue weighted by atomic mass is 16.6. The molecule has 0 unspecified atom stereocenters. The predicted octanol–water partition coefficient (Wildman–Crippen LogP) is 3.67. The molecular weight excluding hydrogens is 427 g/mol. The Balaban J connectivity index is 1.46. The van der Waals surface area contributed by atoms with Crippen LogP contribution in [0.15, 0.2) is 66.9 Å². The zero-order valence-corrected chi connectivity index (χ0v) is 19.6. The fourth-order valence-electron chi connectivity index (χ4n) is 4.14. The van der Waals surface area contributed by atoms with Gasteiger partial charge in [-0.05, 0) is 54.2 Å². The monoisotopic (exact) mass is 454 g/mol. The minimum atomic E-state index is -0.930. The molecule has 7 heteroatoms. The van der Waals surface area contributed by atoms with Crippen LogP contribution in [0.2, 0.25) is 0 Å². The van der Waals surface area contributed by atoms with Crippen LogP contribution in [0.1, 0.15) is 43.4 Å². The molecule has 2 aromatic carbocycles. The quantitative estimate of drug-likeness (QED) is 0.455. The zero-order valence-electron chi connectivity index (χ0n) is 19.6. The molecule has 0 saturated carbocycles. The third-order valence-electron chi connectivity index (χ3n) is 5.61. The Morgan fingerprint density at radius 1 is 1.00 bits per heavy atom. The molecule has 1 aromatic heterocycles. The molecule has 1 aliphatic rings. The number of hydrogen-bond donors (Lipinski definition) is 1. The van der Waals surface area contributed by atoms with Crippen molar-refractivity contribution < 1.29 is 19.1 Å². The second-order valence-corrected chi connectivity index (χ2v) is 9.35. The molecule has 1 N–H and O–H groups in total. The molecule has 0 spiro atoms. The van der Waals surface area contributed by atoms with Crippen molar-refractivity contribution in [3.63, 3.8) is 0 Å². The van der Waals surface area contributed by atoms with Gasteiger partial charge in [0, 0.05) is 18.5 Å². The fraction of sp³-hybridized carbons (Fsp3) is 0.296. The molecule has 0 aliphatic heterocycles. The number of pyridine rings is 1. The lowest BCUT2D eigenvalue weighted by Crippen LogP contribution is -2.46. The standard InChI is InChI=1S/C27H27BN2O4/c1-27(2,3)34-25(31)23(14-17-12-13-24(28)29-15-17)30-26(32)33-16-22-20-10-6-4-8-18(20)19-9-5-7-11-21(19)22/h4-13,15,22-23H,14,16H2,1-3H3,(H,30,32)/t23-/m0/s1. The molecule has 1 aliphatic carbocycles. The first-order chi connectivity index (χ1) is 16.2. The van der Waals surface area contributed by atoms with Gasteiger partial charge in [0.1, 0.15) is 26.1 Å². The van der Waals surface area contributed by atoms with Crippen LogP contribution in [0.4, 0.5) is 4.79 Å². The minimum Gasteiger partial charge on any atom is -0.458 e. The predicted molar refractivity (Wildman–Crippen MR) is 131 cm³/mol. The lowest BCUT2D eigenvalue weighted by molar-refractivity contribution is -0.157. The molecule has 0 fully saturated rings. The molecule has 34 heavy (non-hydrogen) atoms. The summed E-state index contributed by atoms with van der Waals surface area (Å²) in [6.07, 6.45) is 1.10. The number of carbonyl (C=O) groups excluding carboxylic acids is 2. The van der Waals surface area contributed by atoms with Crippen molar-refractivity contribution in [2.75, 3.05) is 6.61 Å². The van der Waals surface area contributed by atoms with Crippen molar-refractivity contribution in [1.29, 1.82) is 0 Å². The van der Waals surface area contributed by atoms with E-state index in [1.165, 1.54) is 0 Å². The van der Waals surface area contributed by atoms with Gasteiger partial charge in [-0.15, -0.1) is 0 Å². The molecular formula is C27H27BN2O4. The fourth-order valence-corrected chi connectivity index (χ4v) is 4.14. The van der Waals surface area contributed by atoms with Crippen molar-refractivity contribution in [1.82, 2.24) is 10.3 Å². The topological polar surface area (TPSA) is 77.5 Å². The summed E-state index contributed by atoms with van der Waals surface area (Å²) >= 11 is 0. The maximum absolute atomic E-state index is 12.8. The number of fused-ring (bicyclic) bond motifs is 3. The van der Waals surface area contributed by atoms with Gasteiger partial charge in [0.05, 0.1) is 0 Å². The van der Waals surface area contributed by atoms with E-state index >= 15 is 0 Å². The van der Waals surface area contributed by atoms with E-state index in [0.29, 0.717) is 5.59 Å². The van der Waals surface area contributed by atoms with Crippen LogP contribution < -0.4 is 10.9 Å². The van der Waals surface area contributed by atoms with Gasteiger partial charge in [-0.3, -0.25) is 4.98 Å². The van der Waals surface area contributed by atoms with E-state index in [1.807, 2.05) is 24.3 Å². The first-order valence-electron chi connectivity index (χ1n) is 11.3. The van der Waals surface area contributed by atoms with Crippen LogP contribution in [0.5, 0.6) is 0 Å². The van der Waals surface area contributed by atoms with E-state index in [9.17, 15) is 9.59 Å². The largest absolute Gasteiger partial charge is 0.458 e. The van der Waals surface area contributed by atoms with Crippen molar-refractivity contribution >= 4 is 25.5 Å². The van der Waals surface area contributed by atoms with Gasteiger partial charge >= 0.3 is 12.1 Å². The molecule has 1 atom stereocenters.